The van der Waals surface area contributed by atoms with Crippen LogP contribution in [-0.2, 0) is 16.1 Å². The van der Waals surface area contributed by atoms with Gasteiger partial charge in [-0.15, -0.1) is 11.6 Å². The summed E-state index contributed by atoms with van der Waals surface area (Å²) in [4.78, 5) is 15.2. The van der Waals surface area contributed by atoms with Gasteiger partial charge in [0, 0.05) is 6.54 Å². The van der Waals surface area contributed by atoms with E-state index < -0.39 is 5.91 Å². The molecular formula is C14H18ClN3O2. The van der Waals surface area contributed by atoms with Crippen LogP contribution in [0.5, 0.6) is 0 Å². The third kappa shape index (κ3) is 3.29. The summed E-state index contributed by atoms with van der Waals surface area (Å²) < 4.78 is 7.24. The first-order chi connectivity index (χ1) is 9.49. The van der Waals surface area contributed by atoms with Crippen molar-refractivity contribution in [2.45, 2.75) is 25.8 Å². The molecule has 1 unspecified atom stereocenters. The van der Waals surface area contributed by atoms with Crippen molar-refractivity contribution in [2.75, 3.05) is 13.2 Å². The Morgan fingerprint density at radius 3 is 2.95 bits per heavy atom. The van der Waals surface area contributed by atoms with Gasteiger partial charge >= 0.3 is 0 Å². The van der Waals surface area contributed by atoms with Crippen LogP contribution in [0.15, 0.2) is 18.2 Å². The van der Waals surface area contributed by atoms with Gasteiger partial charge < -0.3 is 15.0 Å². The molecule has 1 atom stereocenters. The normalized spacial score (nSPS) is 12.8. The molecule has 0 aliphatic heterocycles. The molecule has 0 saturated heterocycles. The van der Waals surface area contributed by atoms with Crippen molar-refractivity contribution in [3.8, 4) is 0 Å². The van der Waals surface area contributed by atoms with E-state index in [2.05, 4.69) is 11.1 Å². The highest BCUT2D eigenvalue weighted by Crippen LogP contribution is 2.25. The molecule has 2 N–H and O–H groups in total. The van der Waals surface area contributed by atoms with Crippen molar-refractivity contribution in [1.29, 1.82) is 0 Å². The number of nitrogens with zero attached hydrogens (tertiary/aromatic N) is 2. The number of fused-ring (bicyclic) bond motifs is 1. The minimum Gasteiger partial charge on any atom is -0.370 e. The second kappa shape index (κ2) is 6.24. The number of carbonyl (C=O) groups excluding carboxylic acids is 1. The number of primary amides is 1. The third-order valence-electron chi connectivity index (χ3n) is 2.99. The highest BCUT2D eigenvalue weighted by Gasteiger charge is 2.14. The van der Waals surface area contributed by atoms with Crippen LogP contribution in [0.4, 0.5) is 0 Å². The largest absolute Gasteiger partial charge is 0.370 e. The Balaban J connectivity index is 2.26. The minimum atomic E-state index is -0.470. The molecule has 2 rings (SSSR count). The number of benzene rings is 1. The van der Waals surface area contributed by atoms with Gasteiger partial charge in [-0.1, -0.05) is 6.07 Å². The first-order valence-corrected chi connectivity index (χ1v) is 6.89. The molecule has 1 aromatic heterocycles. The quantitative estimate of drug-likeness (QED) is 0.656. The van der Waals surface area contributed by atoms with Crippen molar-refractivity contribution in [2.24, 2.45) is 5.73 Å². The van der Waals surface area contributed by atoms with Gasteiger partial charge in [-0.05, 0) is 31.5 Å². The molecule has 1 heterocycles. The standard InChI is InChI=1S/C14H18ClN3O2/c1-9-3-4-11-12(7-9)18(14(17-11)10(2)15)5-6-20-8-13(16)19/h3-4,7,10H,5-6,8H2,1-2H3,(H2,16,19). The zero-order valence-electron chi connectivity index (χ0n) is 11.6. The monoisotopic (exact) mass is 295 g/mol. The fourth-order valence-electron chi connectivity index (χ4n) is 2.12. The van der Waals surface area contributed by atoms with E-state index in [9.17, 15) is 4.79 Å². The zero-order valence-corrected chi connectivity index (χ0v) is 12.4. The molecule has 0 radical (unpaired) electrons. The van der Waals surface area contributed by atoms with Crippen molar-refractivity contribution in [1.82, 2.24) is 9.55 Å². The Hall–Kier alpha value is -1.59. The summed E-state index contributed by atoms with van der Waals surface area (Å²) >= 11 is 6.18. The number of alkyl halides is 1. The Bertz CT molecular complexity index is 622. The van der Waals surface area contributed by atoms with E-state index in [1.807, 2.05) is 30.5 Å². The average molecular weight is 296 g/mol. The van der Waals surface area contributed by atoms with Gasteiger partial charge in [-0.25, -0.2) is 4.98 Å². The van der Waals surface area contributed by atoms with E-state index >= 15 is 0 Å². The lowest BCUT2D eigenvalue weighted by Gasteiger charge is -2.10. The van der Waals surface area contributed by atoms with E-state index in [1.165, 1.54) is 0 Å². The minimum absolute atomic E-state index is 0.0720. The first-order valence-electron chi connectivity index (χ1n) is 6.46. The maximum Gasteiger partial charge on any atom is 0.243 e. The molecule has 0 saturated carbocycles. The number of rotatable bonds is 6. The van der Waals surface area contributed by atoms with Gasteiger partial charge in [0.1, 0.15) is 12.4 Å². The first kappa shape index (κ1) is 14.8. The lowest BCUT2D eigenvalue weighted by molar-refractivity contribution is -0.122. The SMILES string of the molecule is Cc1ccc2nc(C(C)Cl)n(CCOCC(N)=O)c2c1. The molecule has 0 aliphatic rings. The van der Waals surface area contributed by atoms with E-state index in [1.54, 1.807) is 0 Å². The smallest absolute Gasteiger partial charge is 0.243 e. The molecule has 0 aliphatic carbocycles. The molecule has 1 amide bonds. The number of imidazole rings is 1. The maximum atomic E-state index is 10.6. The van der Waals surface area contributed by atoms with Crippen molar-refractivity contribution >= 4 is 28.5 Å². The highest BCUT2D eigenvalue weighted by molar-refractivity contribution is 6.20. The second-order valence-electron chi connectivity index (χ2n) is 4.75. The van der Waals surface area contributed by atoms with Gasteiger partial charge in [0.05, 0.1) is 23.0 Å². The number of aryl methyl sites for hydroxylation is 1. The fraction of sp³-hybridized carbons (Fsp3) is 0.429. The lowest BCUT2D eigenvalue weighted by Crippen LogP contribution is -2.20. The second-order valence-corrected chi connectivity index (χ2v) is 5.40. The summed E-state index contributed by atoms with van der Waals surface area (Å²) in [6.07, 6.45) is 0. The van der Waals surface area contributed by atoms with Crippen LogP contribution < -0.4 is 5.73 Å². The summed E-state index contributed by atoms with van der Waals surface area (Å²) in [5.74, 6) is 0.331. The zero-order chi connectivity index (χ0) is 14.7. The number of hydrogen-bond donors (Lipinski definition) is 1. The summed E-state index contributed by atoms with van der Waals surface area (Å²) in [7, 11) is 0. The van der Waals surface area contributed by atoms with Crippen molar-refractivity contribution in [3.05, 3.63) is 29.6 Å². The average Bonchev–Trinajstić information content (AvgIpc) is 2.73. The number of nitrogens with two attached hydrogens (primary N) is 1. The Kier molecular flexibility index (Phi) is 4.62. The maximum absolute atomic E-state index is 10.6. The van der Waals surface area contributed by atoms with Gasteiger partial charge in [0.25, 0.3) is 0 Å². The predicted octanol–water partition coefficient (Wildman–Crippen LogP) is 2.15. The molecule has 6 heteroatoms. The fourth-order valence-corrected chi connectivity index (χ4v) is 2.29. The molecule has 0 spiro atoms. The van der Waals surface area contributed by atoms with Crippen molar-refractivity contribution in [3.63, 3.8) is 0 Å². The molecule has 1 aromatic carbocycles. The van der Waals surface area contributed by atoms with Crippen LogP contribution in [0.3, 0.4) is 0 Å². The number of amides is 1. The molecule has 0 fully saturated rings. The predicted molar refractivity (Wildman–Crippen MR) is 78.8 cm³/mol. The van der Waals surface area contributed by atoms with Gasteiger partial charge in [0.2, 0.25) is 5.91 Å². The highest BCUT2D eigenvalue weighted by atomic mass is 35.5. The van der Waals surface area contributed by atoms with E-state index in [0.717, 1.165) is 22.4 Å². The molecule has 20 heavy (non-hydrogen) atoms. The molecule has 2 aromatic rings. The van der Waals surface area contributed by atoms with Crippen molar-refractivity contribution < 1.29 is 9.53 Å². The summed E-state index contributed by atoms with van der Waals surface area (Å²) in [5.41, 5.74) is 8.13. The van der Waals surface area contributed by atoms with Crippen LogP contribution in [0.2, 0.25) is 0 Å². The van der Waals surface area contributed by atoms with Gasteiger partial charge in [-0.3, -0.25) is 4.79 Å². The van der Waals surface area contributed by atoms with Crippen LogP contribution >= 0.6 is 11.6 Å². The number of aromatic nitrogens is 2. The van der Waals surface area contributed by atoms with E-state index in [-0.39, 0.29) is 12.0 Å². The molecule has 108 valence electrons. The van der Waals surface area contributed by atoms with E-state index in [4.69, 9.17) is 22.1 Å². The lowest BCUT2D eigenvalue weighted by atomic mass is 10.2. The van der Waals surface area contributed by atoms with Crippen LogP contribution in [-0.4, -0.2) is 28.7 Å². The number of hydrogen-bond acceptors (Lipinski definition) is 3. The topological polar surface area (TPSA) is 70.1 Å². The molecule has 0 bridgehead atoms. The Labute approximate surface area is 122 Å². The number of carbonyl (C=O) groups is 1. The van der Waals surface area contributed by atoms with Crippen LogP contribution in [0, 0.1) is 6.92 Å². The van der Waals surface area contributed by atoms with Crippen LogP contribution in [0.25, 0.3) is 11.0 Å². The number of ether oxygens (including phenoxy) is 1. The summed E-state index contributed by atoms with van der Waals surface area (Å²) in [5, 5.41) is -0.196. The Morgan fingerprint density at radius 1 is 1.55 bits per heavy atom. The molecular weight excluding hydrogens is 278 g/mol. The Morgan fingerprint density at radius 2 is 2.30 bits per heavy atom. The van der Waals surface area contributed by atoms with Gasteiger partial charge in [0.15, 0.2) is 0 Å². The third-order valence-corrected chi connectivity index (χ3v) is 3.19. The summed E-state index contributed by atoms with van der Waals surface area (Å²) in [6.45, 7) is 4.82. The number of halogens is 1. The van der Waals surface area contributed by atoms with E-state index in [0.29, 0.717) is 13.2 Å². The van der Waals surface area contributed by atoms with Gasteiger partial charge in [-0.2, -0.15) is 0 Å². The molecule has 5 nitrogen and oxygen atoms in total. The summed E-state index contributed by atoms with van der Waals surface area (Å²) in [6, 6.07) is 6.07. The van der Waals surface area contributed by atoms with Crippen LogP contribution in [0.1, 0.15) is 23.7 Å².